The molecule has 3 rings (SSSR count). The predicted molar refractivity (Wildman–Crippen MR) is 132 cm³/mol. The second kappa shape index (κ2) is 19.2. The molecule has 2 aromatic rings. The van der Waals surface area contributed by atoms with Crippen LogP contribution in [0.5, 0.6) is 0 Å². The summed E-state index contributed by atoms with van der Waals surface area (Å²) in [6.45, 7) is 0. The van der Waals surface area contributed by atoms with E-state index in [9.17, 15) is 19.2 Å². The molecular formula is C27H35O8Pt-. The molecule has 1 saturated carbocycles. The fourth-order valence-electron chi connectivity index (χ4n) is 3.23. The van der Waals surface area contributed by atoms with Crippen molar-refractivity contribution in [2.24, 2.45) is 5.41 Å². The van der Waals surface area contributed by atoms with Crippen LogP contribution in [0.15, 0.2) is 60.7 Å². The average molecular weight is 683 g/mol. The summed E-state index contributed by atoms with van der Waals surface area (Å²) in [6, 6.07) is 19.9. The van der Waals surface area contributed by atoms with Crippen molar-refractivity contribution >= 4 is 23.9 Å². The van der Waals surface area contributed by atoms with Gasteiger partial charge in [-0.2, -0.15) is 0 Å². The SMILES string of the molecule is O=C(O)C1(C(=O)O)CCC1.O=C(O)CCCc1ccccc1.O=C(O)CCCc1ccccc1.[CH3-].[Pt]. The normalized spacial score (nSPS) is 12.3. The van der Waals surface area contributed by atoms with Crippen LogP contribution in [0.1, 0.15) is 56.1 Å². The van der Waals surface area contributed by atoms with Crippen molar-refractivity contribution in [3.05, 3.63) is 79.2 Å². The van der Waals surface area contributed by atoms with Crippen molar-refractivity contribution in [1.82, 2.24) is 0 Å². The largest absolute Gasteiger partial charge is 0.481 e. The molecule has 202 valence electrons. The summed E-state index contributed by atoms with van der Waals surface area (Å²) in [5.41, 5.74) is 0.970. The molecule has 1 aliphatic carbocycles. The molecule has 0 spiro atoms. The predicted octanol–water partition coefficient (Wildman–Crippen LogP) is 4.96. The number of carboxylic acids is 4. The minimum Gasteiger partial charge on any atom is -0.481 e. The van der Waals surface area contributed by atoms with E-state index in [0.29, 0.717) is 6.42 Å². The molecule has 0 atom stereocenters. The third-order valence-corrected chi connectivity index (χ3v) is 5.42. The van der Waals surface area contributed by atoms with Gasteiger partial charge in [0, 0.05) is 33.9 Å². The maximum atomic E-state index is 10.4. The molecule has 1 fully saturated rings. The fourth-order valence-corrected chi connectivity index (χ4v) is 3.23. The van der Waals surface area contributed by atoms with Gasteiger partial charge in [-0.05, 0) is 56.1 Å². The number of aliphatic carboxylic acids is 4. The summed E-state index contributed by atoms with van der Waals surface area (Å²) < 4.78 is 0. The van der Waals surface area contributed by atoms with Crippen LogP contribution < -0.4 is 0 Å². The molecule has 0 aromatic heterocycles. The zero-order chi connectivity index (χ0) is 25.4. The van der Waals surface area contributed by atoms with Gasteiger partial charge in [0.2, 0.25) is 0 Å². The van der Waals surface area contributed by atoms with E-state index in [-0.39, 0.29) is 54.2 Å². The first-order valence-corrected chi connectivity index (χ1v) is 11.2. The van der Waals surface area contributed by atoms with Gasteiger partial charge in [-0.15, -0.1) is 0 Å². The Morgan fingerprint density at radius 1 is 0.639 bits per heavy atom. The molecule has 9 heteroatoms. The molecule has 0 amide bonds. The van der Waals surface area contributed by atoms with E-state index in [0.717, 1.165) is 25.7 Å². The van der Waals surface area contributed by atoms with Gasteiger partial charge in [0.25, 0.3) is 0 Å². The van der Waals surface area contributed by atoms with Crippen LogP contribution in [0.2, 0.25) is 0 Å². The number of carboxylic acid groups (broad SMARTS) is 4. The van der Waals surface area contributed by atoms with Crippen molar-refractivity contribution in [2.75, 3.05) is 0 Å². The van der Waals surface area contributed by atoms with Crippen molar-refractivity contribution in [3.8, 4) is 0 Å². The van der Waals surface area contributed by atoms with Crippen LogP contribution in [0.3, 0.4) is 0 Å². The standard InChI is InChI=1S/2C10H12O2.C6H8O4.CH3.Pt/c2*11-10(12)8-4-7-9-5-2-1-3-6-9;7-4(8)6(5(9)10)2-1-3-6;;/h2*1-3,5-6H,4,7-8H2,(H,11,12);1-3H2,(H,7,8)(H,9,10);1H3;/q;;;-1;. The molecule has 0 aliphatic heterocycles. The van der Waals surface area contributed by atoms with Crippen molar-refractivity contribution in [3.63, 3.8) is 0 Å². The molecule has 8 nitrogen and oxygen atoms in total. The Kier molecular flexibility index (Phi) is 18.8. The topological polar surface area (TPSA) is 149 Å². The van der Waals surface area contributed by atoms with Gasteiger partial charge in [-0.3, -0.25) is 19.2 Å². The maximum absolute atomic E-state index is 10.4. The minimum absolute atomic E-state index is 0. The minimum atomic E-state index is -1.44. The first kappa shape index (κ1) is 35.2. The number of carbonyl (C=O) groups is 4. The van der Waals surface area contributed by atoms with E-state index in [1.165, 1.54) is 11.1 Å². The van der Waals surface area contributed by atoms with Crippen LogP contribution >= 0.6 is 0 Å². The Labute approximate surface area is 226 Å². The zero-order valence-corrected chi connectivity index (χ0v) is 22.6. The Hall–Kier alpha value is -2.99. The quantitative estimate of drug-likeness (QED) is 0.203. The molecule has 0 heterocycles. The van der Waals surface area contributed by atoms with E-state index < -0.39 is 29.3 Å². The smallest absolute Gasteiger partial charge is 0.321 e. The molecule has 0 radical (unpaired) electrons. The Morgan fingerprint density at radius 2 is 0.972 bits per heavy atom. The first-order chi connectivity index (χ1) is 16.2. The van der Waals surface area contributed by atoms with Gasteiger partial charge in [-0.1, -0.05) is 60.7 Å². The van der Waals surface area contributed by atoms with Crippen LogP contribution in [-0.2, 0) is 53.1 Å². The summed E-state index contributed by atoms with van der Waals surface area (Å²) in [5, 5.41) is 33.7. The number of benzene rings is 2. The molecule has 0 saturated heterocycles. The fraction of sp³-hybridized carbons (Fsp3) is 0.370. The van der Waals surface area contributed by atoms with Crippen LogP contribution in [0, 0.1) is 12.8 Å². The molecule has 0 unspecified atom stereocenters. The van der Waals surface area contributed by atoms with Crippen molar-refractivity contribution in [1.29, 1.82) is 0 Å². The van der Waals surface area contributed by atoms with Crippen molar-refractivity contribution in [2.45, 2.75) is 57.8 Å². The summed E-state index contributed by atoms with van der Waals surface area (Å²) in [4.78, 5) is 41.1. The number of hydrogen-bond donors (Lipinski definition) is 4. The third-order valence-electron chi connectivity index (χ3n) is 5.42. The third kappa shape index (κ3) is 13.8. The summed E-state index contributed by atoms with van der Waals surface area (Å²) in [7, 11) is 0. The van der Waals surface area contributed by atoms with Crippen LogP contribution in [0.4, 0.5) is 0 Å². The first-order valence-electron chi connectivity index (χ1n) is 11.2. The van der Waals surface area contributed by atoms with E-state index in [1.807, 2.05) is 60.7 Å². The number of aryl methyl sites for hydroxylation is 2. The monoisotopic (exact) mass is 682 g/mol. The second-order valence-electron chi connectivity index (χ2n) is 8.01. The summed E-state index contributed by atoms with van der Waals surface area (Å²) in [5.74, 6) is -3.84. The zero-order valence-electron chi connectivity index (χ0n) is 20.4. The van der Waals surface area contributed by atoms with E-state index in [2.05, 4.69) is 0 Å². The van der Waals surface area contributed by atoms with Gasteiger partial charge in [0.15, 0.2) is 5.41 Å². The molecule has 2 aromatic carbocycles. The van der Waals surface area contributed by atoms with Gasteiger partial charge in [0.05, 0.1) is 0 Å². The van der Waals surface area contributed by atoms with Gasteiger partial charge in [0.1, 0.15) is 0 Å². The molecule has 0 bridgehead atoms. The van der Waals surface area contributed by atoms with Gasteiger partial charge in [-0.25, -0.2) is 0 Å². The molecule has 4 N–H and O–H groups in total. The van der Waals surface area contributed by atoms with Crippen LogP contribution in [0.25, 0.3) is 0 Å². The van der Waals surface area contributed by atoms with Gasteiger partial charge >= 0.3 is 23.9 Å². The average Bonchev–Trinajstić information content (AvgIpc) is 2.74. The molecule has 1 aliphatic rings. The Bertz CT molecular complexity index is 840. The number of rotatable bonds is 10. The second-order valence-corrected chi connectivity index (χ2v) is 8.01. The summed E-state index contributed by atoms with van der Waals surface area (Å²) >= 11 is 0. The van der Waals surface area contributed by atoms with E-state index in [1.54, 1.807) is 0 Å². The Balaban J connectivity index is 0. The maximum Gasteiger partial charge on any atom is 0.321 e. The number of hydrogen-bond acceptors (Lipinski definition) is 4. The van der Waals surface area contributed by atoms with Crippen LogP contribution in [-0.4, -0.2) is 44.3 Å². The van der Waals surface area contributed by atoms with Gasteiger partial charge < -0.3 is 27.9 Å². The molecular weight excluding hydrogens is 647 g/mol. The summed E-state index contributed by atoms with van der Waals surface area (Å²) in [6.07, 6.45) is 4.93. The van der Waals surface area contributed by atoms with E-state index in [4.69, 9.17) is 20.4 Å². The Morgan fingerprint density at radius 3 is 1.17 bits per heavy atom. The molecule has 36 heavy (non-hydrogen) atoms. The van der Waals surface area contributed by atoms with E-state index >= 15 is 0 Å². The van der Waals surface area contributed by atoms with Crippen molar-refractivity contribution < 1.29 is 60.7 Å².